The van der Waals surface area contributed by atoms with E-state index in [0.717, 1.165) is 11.3 Å². The number of thioether (sulfide) groups is 1. The number of nitrogens with one attached hydrogen (secondary N) is 1. The van der Waals surface area contributed by atoms with Crippen LogP contribution in [0.15, 0.2) is 53.4 Å². The molecule has 1 N–H and O–H groups in total. The van der Waals surface area contributed by atoms with Gasteiger partial charge in [0.25, 0.3) is 0 Å². The first-order valence-electron chi connectivity index (χ1n) is 7.00. The van der Waals surface area contributed by atoms with E-state index in [1.54, 1.807) is 7.11 Å². The number of rotatable bonds is 6. The topological polar surface area (TPSA) is 38.3 Å². The maximum atomic E-state index is 12.5. The number of carbonyl (C=O) groups excluding carboxylic acids is 1. The zero-order valence-electron chi connectivity index (χ0n) is 12.5. The molecule has 0 bridgehead atoms. The van der Waals surface area contributed by atoms with Crippen molar-refractivity contribution in [3.05, 3.63) is 53.6 Å². The van der Waals surface area contributed by atoms with Crippen LogP contribution in [0.1, 0.15) is 13.3 Å². The number of hydrogen-bond acceptors (Lipinski definition) is 3. The zero-order chi connectivity index (χ0) is 15.9. The van der Waals surface area contributed by atoms with Crippen LogP contribution in [-0.2, 0) is 4.79 Å². The van der Waals surface area contributed by atoms with Gasteiger partial charge in [0.1, 0.15) is 5.75 Å². The Kier molecular flexibility index (Phi) is 6.16. The number of ether oxygens (including phenoxy) is 1. The first kappa shape index (κ1) is 16.7. The lowest BCUT2D eigenvalue weighted by Crippen LogP contribution is -2.24. The number of anilines is 1. The van der Waals surface area contributed by atoms with Gasteiger partial charge in [0, 0.05) is 9.92 Å². The molecule has 0 aliphatic carbocycles. The Labute approximate surface area is 140 Å². The fourth-order valence-electron chi connectivity index (χ4n) is 1.96. The summed E-state index contributed by atoms with van der Waals surface area (Å²) in [5, 5.41) is 3.45. The van der Waals surface area contributed by atoms with Gasteiger partial charge in [0.15, 0.2) is 0 Å². The first-order chi connectivity index (χ1) is 10.6. The Bertz CT molecular complexity index is 631. The standard InChI is InChI=1S/C17H18ClNO2S/c1-3-16(22-13-10-8-12(18)9-11-13)17(20)19-14-6-4-5-7-15(14)21-2/h4-11,16H,3H2,1-2H3,(H,19,20)/t16-/m0/s1. The van der Waals surface area contributed by atoms with Crippen LogP contribution >= 0.6 is 23.4 Å². The third-order valence-electron chi connectivity index (χ3n) is 3.12. The smallest absolute Gasteiger partial charge is 0.237 e. The lowest BCUT2D eigenvalue weighted by atomic mass is 10.2. The van der Waals surface area contributed by atoms with Gasteiger partial charge in [-0.1, -0.05) is 30.7 Å². The second-order valence-electron chi connectivity index (χ2n) is 4.66. The Morgan fingerprint density at radius 2 is 1.91 bits per heavy atom. The molecule has 3 nitrogen and oxygen atoms in total. The van der Waals surface area contributed by atoms with E-state index in [0.29, 0.717) is 16.5 Å². The number of methoxy groups -OCH3 is 1. The molecule has 0 aliphatic heterocycles. The van der Waals surface area contributed by atoms with Gasteiger partial charge in [-0.3, -0.25) is 4.79 Å². The summed E-state index contributed by atoms with van der Waals surface area (Å²) in [6.45, 7) is 2.00. The predicted molar refractivity (Wildman–Crippen MR) is 93.0 cm³/mol. The maximum Gasteiger partial charge on any atom is 0.237 e. The van der Waals surface area contributed by atoms with E-state index in [9.17, 15) is 4.79 Å². The van der Waals surface area contributed by atoms with Crippen molar-refractivity contribution in [1.82, 2.24) is 0 Å². The predicted octanol–water partition coefficient (Wildman–Crippen LogP) is 4.86. The van der Waals surface area contributed by atoms with Crippen molar-refractivity contribution in [2.75, 3.05) is 12.4 Å². The van der Waals surface area contributed by atoms with Crippen LogP contribution in [0.5, 0.6) is 5.75 Å². The summed E-state index contributed by atoms with van der Waals surface area (Å²) >= 11 is 7.41. The SMILES string of the molecule is CC[C@H](Sc1ccc(Cl)cc1)C(=O)Nc1ccccc1OC. The molecule has 1 amide bonds. The molecule has 0 radical (unpaired) electrons. The zero-order valence-corrected chi connectivity index (χ0v) is 14.1. The highest BCUT2D eigenvalue weighted by Gasteiger charge is 2.19. The summed E-state index contributed by atoms with van der Waals surface area (Å²) in [6, 6.07) is 14.9. The van der Waals surface area contributed by atoms with Gasteiger partial charge in [-0.25, -0.2) is 0 Å². The lowest BCUT2D eigenvalue weighted by molar-refractivity contribution is -0.115. The summed E-state index contributed by atoms with van der Waals surface area (Å²) in [7, 11) is 1.59. The minimum absolute atomic E-state index is 0.0352. The summed E-state index contributed by atoms with van der Waals surface area (Å²) in [6.07, 6.45) is 0.730. The fourth-order valence-corrected chi connectivity index (χ4v) is 3.04. The molecule has 22 heavy (non-hydrogen) atoms. The molecule has 0 aromatic heterocycles. The molecule has 0 spiro atoms. The van der Waals surface area contributed by atoms with Crippen LogP contribution in [0.25, 0.3) is 0 Å². The van der Waals surface area contributed by atoms with Gasteiger partial charge in [0.2, 0.25) is 5.91 Å². The van der Waals surface area contributed by atoms with Crippen molar-refractivity contribution in [1.29, 1.82) is 0 Å². The molecule has 0 heterocycles. The first-order valence-corrected chi connectivity index (χ1v) is 8.26. The Balaban J connectivity index is 2.07. The van der Waals surface area contributed by atoms with Crippen LogP contribution in [0.3, 0.4) is 0 Å². The summed E-state index contributed by atoms with van der Waals surface area (Å²) in [4.78, 5) is 13.5. The van der Waals surface area contributed by atoms with Crippen LogP contribution < -0.4 is 10.1 Å². The van der Waals surface area contributed by atoms with Crippen LogP contribution in [-0.4, -0.2) is 18.3 Å². The molecule has 0 unspecified atom stereocenters. The molecule has 0 saturated heterocycles. The lowest BCUT2D eigenvalue weighted by Gasteiger charge is -2.16. The Morgan fingerprint density at radius 3 is 2.55 bits per heavy atom. The molecule has 5 heteroatoms. The van der Waals surface area contributed by atoms with Crippen molar-refractivity contribution in [2.45, 2.75) is 23.5 Å². The van der Waals surface area contributed by atoms with Gasteiger partial charge in [-0.15, -0.1) is 11.8 Å². The van der Waals surface area contributed by atoms with E-state index in [4.69, 9.17) is 16.3 Å². The normalized spacial score (nSPS) is 11.8. The van der Waals surface area contributed by atoms with Crippen LogP contribution in [0.2, 0.25) is 5.02 Å². The monoisotopic (exact) mass is 335 g/mol. The maximum absolute atomic E-state index is 12.5. The third kappa shape index (κ3) is 4.42. The highest BCUT2D eigenvalue weighted by Crippen LogP contribution is 2.29. The molecule has 116 valence electrons. The van der Waals surface area contributed by atoms with Crippen molar-refractivity contribution in [3.8, 4) is 5.75 Å². The highest BCUT2D eigenvalue weighted by atomic mass is 35.5. The largest absolute Gasteiger partial charge is 0.495 e. The second-order valence-corrected chi connectivity index (χ2v) is 6.37. The molecule has 2 rings (SSSR count). The van der Waals surface area contributed by atoms with E-state index < -0.39 is 0 Å². The summed E-state index contributed by atoms with van der Waals surface area (Å²) in [5.41, 5.74) is 0.685. The number of halogens is 1. The molecule has 2 aromatic rings. The van der Waals surface area contributed by atoms with Gasteiger partial charge in [-0.2, -0.15) is 0 Å². The van der Waals surface area contributed by atoms with E-state index in [-0.39, 0.29) is 11.2 Å². The van der Waals surface area contributed by atoms with E-state index in [1.807, 2.05) is 55.5 Å². The average molecular weight is 336 g/mol. The summed E-state index contributed by atoms with van der Waals surface area (Å²) < 4.78 is 5.25. The van der Waals surface area contributed by atoms with Crippen molar-refractivity contribution >= 4 is 35.0 Å². The number of benzene rings is 2. The third-order valence-corrected chi connectivity index (χ3v) is 4.75. The van der Waals surface area contributed by atoms with Gasteiger partial charge in [0.05, 0.1) is 18.0 Å². The quantitative estimate of drug-likeness (QED) is 0.766. The van der Waals surface area contributed by atoms with E-state index >= 15 is 0 Å². The fraction of sp³-hybridized carbons (Fsp3) is 0.235. The number of amides is 1. The minimum atomic E-state index is -0.175. The molecular weight excluding hydrogens is 318 g/mol. The second kappa shape index (κ2) is 8.11. The van der Waals surface area contributed by atoms with Crippen molar-refractivity contribution in [3.63, 3.8) is 0 Å². The van der Waals surface area contributed by atoms with E-state index in [2.05, 4.69) is 5.32 Å². The van der Waals surface area contributed by atoms with Crippen molar-refractivity contribution in [2.24, 2.45) is 0 Å². The minimum Gasteiger partial charge on any atom is -0.495 e. The molecule has 1 atom stereocenters. The van der Waals surface area contributed by atoms with Crippen molar-refractivity contribution < 1.29 is 9.53 Å². The summed E-state index contributed by atoms with van der Waals surface area (Å²) in [5.74, 6) is 0.620. The molecule has 0 fully saturated rings. The van der Waals surface area contributed by atoms with Gasteiger partial charge in [-0.05, 0) is 42.8 Å². The van der Waals surface area contributed by atoms with E-state index in [1.165, 1.54) is 11.8 Å². The molecule has 0 aliphatic rings. The molecule has 2 aromatic carbocycles. The number of carbonyl (C=O) groups is 1. The number of hydrogen-bond donors (Lipinski definition) is 1. The average Bonchev–Trinajstić information content (AvgIpc) is 2.54. The Hall–Kier alpha value is -1.65. The van der Waals surface area contributed by atoms with Crippen LogP contribution in [0, 0.1) is 0 Å². The Morgan fingerprint density at radius 1 is 1.23 bits per heavy atom. The number of para-hydroxylation sites is 2. The molecular formula is C17H18ClNO2S. The van der Waals surface area contributed by atoms with Gasteiger partial charge >= 0.3 is 0 Å². The van der Waals surface area contributed by atoms with Gasteiger partial charge < -0.3 is 10.1 Å². The molecule has 0 saturated carbocycles. The highest BCUT2D eigenvalue weighted by molar-refractivity contribution is 8.00. The van der Waals surface area contributed by atoms with Crippen LogP contribution in [0.4, 0.5) is 5.69 Å².